The molecule has 4 aromatic rings. The van der Waals surface area contributed by atoms with Crippen molar-refractivity contribution in [2.75, 3.05) is 24.5 Å². The number of fused-ring (bicyclic) bond motifs is 2. The lowest BCUT2D eigenvalue weighted by Gasteiger charge is -2.35. The Morgan fingerprint density at radius 1 is 1.00 bits per heavy atom. The van der Waals surface area contributed by atoms with Crippen LogP contribution in [-0.2, 0) is 11.2 Å². The van der Waals surface area contributed by atoms with Gasteiger partial charge in [-0.25, -0.2) is 18.3 Å². The molecule has 7 rings (SSSR count). The topological polar surface area (TPSA) is 91.0 Å². The van der Waals surface area contributed by atoms with E-state index in [0.717, 1.165) is 42.7 Å². The van der Waals surface area contributed by atoms with Gasteiger partial charge in [0, 0.05) is 48.9 Å². The van der Waals surface area contributed by atoms with Gasteiger partial charge in [0.25, 0.3) is 5.91 Å². The minimum Gasteiger partial charge on any atom is -0.481 e. The van der Waals surface area contributed by atoms with Gasteiger partial charge in [0.2, 0.25) is 0 Å². The van der Waals surface area contributed by atoms with E-state index in [9.17, 15) is 14.7 Å². The van der Waals surface area contributed by atoms with Gasteiger partial charge < -0.3 is 14.9 Å². The van der Waals surface area contributed by atoms with E-state index in [1.54, 1.807) is 21.5 Å². The molecule has 0 bridgehead atoms. The molecule has 2 aromatic carbocycles. The summed E-state index contributed by atoms with van der Waals surface area (Å²) >= 11 is 0. The number of hydrogen-bond donors (Lipinski definition) is 1. The van der Waals surface area contributed by atoms with Crippen molar-refractivity contribution in [1.29, 1.82) is 0 Å². The molecule has 2 fully saturated rings. The number of aliphatic carboxylic acids is 1. The van der Waals surface area contributed by atoms with Crippen LogP contribution >= 0.6 is 0 Å². The number of carbonyl (C=O) groups is 2. The molecule has 8 nitrogen and oxygen atoms in total. The molecule has 0 spiro atoms. The minimum atomic E-state index is -0.939. The fourth-order valence-corrected chi connectivity index (χ4v) is 6.26. The van der Waals surface area contributed by atoms with Crippen LogP contribution in [0.5, 0.6) is 0 Å². The van der Waals surface area contributed by atoms with Crippen molar-refractivity contribution < 1.29 is 23.5 Å². The van der Waals surface area contributed by atoms with E-state index < -0.39 is 23.5 Å². The number of carboxylic acids is 1. The molecule has 3 aliphatic rings. The van der Waals surface area contributed by atoms with Crippen LogP contribution < -0.4 is 4.90 Å². The zero-order chi connectivity index (χ0) is 28.4. The smallest absolute Gasteiger partial charge is 0.308 e. The lowest BCUT2D eigenvalue weighted by molar-refractivity contribution is -0.140. The largest absolute Gasteiger partial charge is 0.481 e. The standard InChI is InChI=1S/C31H29F2N5O3/c1-17-21-5-3-2-4-18(21)9-11-37(17)30(39)26-14-27(19-6-7-19)38-29(34-26)15-25(35-38)22-12-24(33)28(13-23(22)32)36-10-8-20(16-36)31(40)41/h2-5,12-15,17,19-20H,6-11,16H2,1H3,(H,40,41)/t17-,20+/m1/s1. The highest BCUT2D eigenvalue weighted by molar-refractivity contribution is 5.93. The normalized spacial score (nSPS) is 20.5. The monoisotopic (exact) mass is 557 g/mol. The molecule has 0 unspecified atom stereocenters. The number of aromatic nitrogens is 3. The summed E-state index contributed by atoms with van der Waals surface area (Å²) in [4.78, 5) is 33.1. The number of carboxylic acid groups (broad SMARTS) is 1. The van der Waals surface area contributed by atoms with Crippen molar-refractivity contribution in [3.8, 4) is 11.3 Å². The third kappa shape index (κ3) is 4.42. The third-order valence-corrected chi connectivity index (χ3v) is 8.72. The van der Waals surface area contributed by atoms with E-state index in [1.807, 2.05) is 24.0 Å². The summed E-state index contributed by atoms with van der Waals surface area (Å²) in [5, 5.41) is 13.9. The van der Waals surface area contributed by atoms with Crippen LogP contribution in [0, 0.1) is 17.6 Å². The summed E-state index contributed by atoms with van der Waals surface area (Å²) in [6, 6.07) is 13.7. The number of benzene rings is 2. The summed E-state index contributed by atoms with van der Waals surface area (Å²) in [5.74, 6) is -2.79. The average molecular weight is 558 g/mol. The lowest BCUT2D eigenvalue weighted by atomic mass is 9.93. The SMILES string of the molecule is C[C@@H]1c2ccccc2CCN1C(=O)c1cc(C2CC2)n2nc(-c3cc(F)c(N4CC[C@H](C(=O)O)C4)cc3F)cc2n1. The van der Waals surface area contributed by atoms with Gasteiger partial charge in [0.15, 0.2) is 5.65 Å². The predicted molar refractivity (Wildman–Crippen MR) is 148 cm³/mol. The van der Waals surface area contributed by atoms with Crippen LogP contribution in [0.1, 0.15) is 65.5 Å². The van der Waals surface area contributed by atoms with Crippen LogP contribution in [-0.4, -0.2) is 56.1 Å². The molecule has 10 heteroatoms. The zero-order valence-corrected chi connectivity index (χ0v) is 22.6. The van der Waals surface area contributed by atoms with Gasteiger partial charge in [-0.3, -0.25) is 9.59 Å². The fraction of sp³-hybridized carbons (Fsp3) is 0.355. The first kappa shape index (κ1) is 25.6. The van der Waals surface area contributed by atoms with E-state index in [4.69, 9.17) is 0 Å². The van der Waals surface area contributed by atoms with Gasteiger partial charge in [0.05, 0.1) is 23.3 Å². The summed E-state index contributed by atoms with van der Waals surface area (Å²) in [5.41, 5.74) is 4.20. The van der Waals surface area contributed by atoms with Crippen molar-refractivity contribution in [2.45, 2.75) is 44.6 Å². The molecule has 0 radical (unpaired) electrons. The molecule has 1 saturated heterocycles. The van der Waals surface area contributed by atoms with Crippen LogP contribution in [0.4, 0.5) is 14.5 Å². The van der Waals surface area contributed by atoms with Gasteiger partial charge in [-0.15, -0.1) is 0 Å². The summed E-state index contributed by atoms with van der Waals surface area (Å²) < 4.78 is 32.3. The highest BCUT2D eigenvalue weighted by atomic mass is 19.1. The first-order chi connectivity index (χ1) is 19.8. The van der Waals surface area contributed by atoms with E-state index in [1.165, 1.54) is 5.56 Å². The maximum absolute atomic E-state index is 15.4. The van der Waals surface area contributed by atoms with Gasteiger partial charge in [-0.2, -0.15) is 5.10 Å². The maximum Gasteiger partial charge on any atom is 0.308 e. The van der Waals surface area contributed by atoms with Gasteiger partial charge in [-0.1, -0.05) is 24.3 Å². The highest BCUT2D eigenvalue weighted by Gasteiger charge is 2.33. The second-order valence-corrected chi connectivity index (χ2v) is 11.3. The Hall–Kier alpha value is -4.34. The van der Waals surface area contributed by atoms with Gasteiger partial charge in [-0.05, 0) is 55.9 Å². The number of halogens is 2. The Labute approximate surface area is 235 Å². The number of nitrogens with zero attached hydrogens (tertiary/aromatic N) is 5. The molecule has 210 valence electrons. The number of amides is 1. The Kier molecular flexibility index (Phi) is 6.02. The van der Waals surface area contributed by atoms with Crippen LogP contribution in [0.25, 0.3) is 16.9 Å². The molecule has 41 heavy (non-hydrogen) atoms. The number of hydrogen-bond acceptors (Lipinski definition) is 5. The molecule has 1 amide bonds. The second-order valence-electron chi connectivity index (χ2n) is 11.3. The molecule has 2 atom stereocenters. The predicted octanol–water partition coefficient (Wildman–Crippen LogP) is 5.22. The molecule has 4 heterocycles. The molecular weight excluding hydrogens is 528 g/mol. The number of anilines is 1. The molecule has 2 aliphatic heterocycles. The Balaban J connectivity index is 1.23. The van der Waals surface area contributed by atoms with Crippen LogP contribution in [0.3, 0.4) is 0 Å². The van der Waals surface area contributed by atoms with E-state index in [-0.39, 0.29) is 41.4 Å². The molecule has 1 N–H and O–H groups in total. The molecular formula is C31H29F2N5O3. The summed E-state index contributed by atoms with van der Waals surface area (Å²) in [6.07, 6.45) is 3.07. The zero-order valence-electron chi connectivity index (χ0n) is 22.6. The molecule has 1 saturated carbocycles. The van der Waals surface area contributed by atoms with Crippen LogP contribution in [0.2, 0.25) is 0 Å². The average Bonchev–Trinajstić information content (AvgIpc) is 3.52. The van der Waals surface area contributed by atoms with Crippen molar-refractivity contribution in [3.63, 3.8) is 0 Å². The molecule has 1 aliphatic carbocycles. The minimum absolute atomic E-state index is 0.0124. The Morgan fingerprint density at radius 2 is 1.80 bits per heavy atom. The number of carbonyl (C=O) groups excluding carboxylic acids is 1. The molecule has 2 aromatic heterocycles. The first-order valence-corrected chi connectivity index (χ1v) is 14.0. The quantitative estimate of drug-likeness (QED) is 0.362. The van der Waals surface area contributed by atoms with E-state index in [0.29, 0.717) is 30.9 Å². The lowest BCUT2D eigenvalue weighted by Crippen LogP contribution is -2.39. The Morgan fingerprint density at radius 3 is 2.56 bits per heavy atom. The van der Waals surface area contributed by atoms with Crippen LogP contribution in [0.15, 0.2) is 48.5 Å². The summed E-state index contributed by atoms with van der Waals surface area (Å²) in [7, 11) is 0. The third-order valence-electron chi connectivity index (χ3n) is 8.72. The fourth-order valence-electron chi connectivity index (χ4n) is 6.26. The van der Waals surface area contributed by atoms with Crippen molar-refractivity contribution in [1.82, 2.24) is 19.5 Å². The highest BCUT2D eigenvalue weighted by Crippen LogP contribution is 2.41. The van der Waals surface area contributed by atoms with Gasteiger partial charge >= 0.3 is 5.97 Å². The second kappa shape index (κ2) is 9.64. The van der Waals surface area contributed by atoms with Crippen molar-refractivity contribution in [2.24, 2.45) is 5.92 Å². The Bertz CT molecular complexity index is 1720. The maximum atomic E-state index is 15.4. The number of rotatable bonds is 5. The summed E-state index contributed by atoms with van der Waals surface area (Å²) in [6.45, 7) is 3.09. The van der Waals surface area contributed by atoms with Crippen molar-refractivity contribution in [3.05, 3.63) is 82.7 Å². The first-order valence-electron chi connectivity index (χ1n) is 14.0. The van der Waals surface area contributed by atoms with E-state index in [2.05, 4.69) is 22.2 Å². The van der Waals surface area contributed by atoms with Crippen molar-refractivity contribution >= 4 is 23.2 Å². The van der Waals surface area contributed by atoms with E-state index >= 15 is 8.78 Å². The van der Waals surface area contributed by atoms with Gasteiger partial charge in [0.1, 0.15) is 17.3 Å².